The van der Waals surface area contributed by atoms with Gasteiger partial charge in [-0.25, -0.2) is 0 Å². The SMILES string of the molecule is COc1ccc(NC(N)=NCC2CCCN(C)C2)cc1OC. The van der Waals surface area contributed by atoms with Gasteiger partial charge < -0.3 is 25.4 Å². The number of rotatable bonds is 5. The van der Waals surface area contributed by atoms with Crippen LogP contribution in [0.5, 0.6) is 11.5 Å². The number of nitrogens with one attached hydrogen (secondary N) is 1. The monoisotopic (exact) mass is 306 g/mol. The first-order chi connectivity index (χ1) is 10.6. The maximum Gasteiger partial charge on any atom is 0.193 e. The molecule has 0 spiro atoms. The molecule has 3 N–H and O–H groups in total. The molecule has 1 aromatic rings. The Hall–Kier alpha value is -1.95. The molecule has 2 rings (SSSR count). The fourth-order valence-electron chi connectivity index (χ4n) is 2.75. The van der Waals surface area contributed by atoms with Crippen LogP contribution in [0, 0.1) is 5.92 Å². The Balaban J connectivity index is 1.93. The summed E-state index contributed by atoms with van der Waals surface area (Å²) in [5.74, 6) is 2.37. The van der Waals surface area contributed by atoms with Gasteiger partial charge in [0.15, 0.2) is 17.5 Å². The average Bonchev–Trinajstić information content (AvgIpc) is 2.53. The molecule has 1 saturated heterocycles. The van der Waals surface area contributed by atoms with E-state index in [0.29, 0.717) is 23.4 Å². The Morgan fingerprint density at radius 1 is 1.36 bits per heavy atom. The molecule has 0 aromatic heterocycles. The van der Waals surface area contributed by atoms with Gasteiger partial charge in [0.2, 0.25) is 0 Å². The fraction of sp³-hybridized carbons (Fsp3) is 0.562. The van der Waals surface area contributed by atoms with E-state index >= 15 is 0 Å². The maximum atomic E-state index is 5.97. The minimum absolute atomic E-state index is 0.431. The van der Waals surface area contributed by atoms with Crippen LogP contribution in [0.25, 0.3) is 0 Å². The van der Waals surface area contributed by atoms with Crippen molar-refractivity contribution >= 4 is 11.6 Å². The summed E-state index contributed by atoms with van der Waals surface area (Å²) in [5.41, 5.74) is 6.81. The summed E-state index contributed by atoms with van der Waals surface area (Å²) in [7, 11) is 5.38. The first-order valence-corrected chi connectivity index (χ1v) is 7.60. The predicted octanol–water partition coefficient (Wildman–Crippen LogP) is 1.77. The summed E-state index contributed by atoms with van der Waals surface area (Å²) < 4.78 is 10.5. The molecule has 1 unspecified atom stereocenters. The van der Waals surface area contributed by atoms with Crippen molar-refractivity contribution in [1.82, 2.24) is 4.90 Å². The third kappa shape index (κ3) is 4.53. The highest BCUT2D eigenvalue weighted by molar-refractivity contribution is 5.92. The molecule has 6 heteroatoms. The molecular weight excluding hydrogens is 280 g/mol. The van der Waals surface area contributed by atoms with Crippen molar-refractivity contribution in [2.45, 2.75) is 12.8 Å². The van der Waals surface area contributed by atoms with E-state index in [1.807, 2.05) is 18.2 Å². The lowest BCUT2D eigenvalue weighted by Crippen LogP contribution is -2.34. The van der Waals surface area contributed by atoms with E-state index < -0.39 is 0 Å². The molecule has 122 valence electrons. The molecule has 1 heterocycles. The molecule has 6 nitrogen and oxygen atoms in total. The highest BCUT2D eigenvalue weighted by atomic mass is 16.5. The minimum Gasteiger partial charge on any atom is -0.493 e. The lowest BCUT2D eigenvalue weighted by atomic mass is 9.99. The first-order valence-electron chi connectivity index (χ1n) is 7.60. The van der Waals surface area contributed by atoms with Crippen LogP contribution in [0.1, 0.15) is 12.8 Å². The van der Waals surface area contributed by atoms with E-state index in [2.05, 4.69) is 22.3 Å². The number of ether oxygens (including phenoxy) is 2. The van der Waals surface area contributed by atoms with Gasteiger partial charge in [-0.15, -0.1) is 0 Å². The van der Waals surface area contributed by atoms with Crippen LogP contribution in [0.3, 0.4) is 0 Å². The van der Waals surface area contributed by atoms with Crippen LogP contribution in [0.2, 0.25) is 0 Å². The van der Waals surface area contributed by atoms with Gasteiger partial charge in [-0.3, -0.25) is 4.99 Å². The quantitative estimate of drug-likeness (QED) is 0.641. The summed E-state index contributed by atoms with van der Waals surface area (Å²) in [6, 6.07) is 5.57. The number of aliphatic imine (C=N–C) groups is 1. The number of hydrogen-bond donors (Lipinski definition) is 2. The molecule has 0 amide bonds. The molecule has 1 fully saturated rings. The molecule has 1 atom stereocenters. The van der Waals surface area contributed by atoms with Crippen LogP contribution >= 0.6 is 0 Å². The van der Waals surface area contributed by atoms with Crippen molar-refractivity contribution in [2.24, 2.45) is 16.6 Å². The Morgan fingerprint density at radius 3 is 2.82 bits per heavy atom. The van der Waals surface area contributed by atoms with E-state index in [1.54, 1.807) is 14.2 Å². The van der Waals surface area contributed by atoms with Crippen LogP contribution < -0.4 is 20.5 Å². The van der Waals surface area contributed by atoms with Gasteiger partial charge in [-0.2, -0.15) is 0 Å². The van der Waals surface area contributed by atoms with Crippen LogP contribution in [0.4, 0.5) is 5.69 Å². The number of likely N-dealkylation sites (tertiary alicyclic amines) is 1. The molecule has 1 aliphatic heterocycles. The highest BCUT2D eigenvalue weighted by Gasteiger charge is 2.16. The molecule has 0 bridgehead atoms. The Labute approximate surface area is 132 Å². The second kappa shape index (κ2) is 7.89. The molecule has 0 saturated carbocycles. The zero-order chi connectivity index (χ0) is 15.9. The molecule has 22 heavy (non-hydrogen) atoms. The summed E-state index contributed by atoms with van der Waals surface area (Å²) in [5, 5.41) is 3.10. The Kier molecular flexibility index (Phi) is 5.89. The average molecular weight is 306 g/mol. The number of hydrogen-bond acceptors (Lipinski definition) is 4. The van der Waals surface area contributed by atoms with Gasteiger partial charge >= 0.3 is 0 Å². The number of methoxy groups -OCH3 is 2. The number of anilines is 1. The van der Waals surface area contributed by atoms with Gasteiger partial charge in [-0.1, -0.05) is 0 Å². The second-order valence-corrected chi connectivity index (χ2v) is 5.69. The zero-order valence-corrected chi connectivity index (χ0v) is 13.6. The lowest BCUT2D eigenvalue weighted by Gasteiger charge is -2.28. The summed E-state index contributed by atoms with van der Waals surface area (Å²) in [6.07, 6.45) is 2.46. The van der Waals surface area contributed by atoms with Crippen molar-refractivity contribution in [3.05, 3.63) is 18.2 Å². The van der Waals surface area contributed by atoms with Gasteiger partial charge in [-0.05, 0) is 44.5 Å². The summed E-state index contributed by atoms with van der Waals surface area (Å²) in [4.78, 5) is 6.81. The standard InChI is InChI=1S/C16H26N4O2/c1-20-8-4-5-12(11-20)10-18-16(17)19-13-6-7-14(21-2)15(9-13)22-3/h6-7,9,12H,4-5,8,10-11H2,1-3H3,(H3,17,18,19). The Bertz CT molecular complexity index is 519. The second-order valence-electron chi connectivity index (χ2n) is 5.69. The smallest absolute Gasteiger partial charge is 0.193 e. The molecule has 1 aromatic carbocycles. The van der Waals surface area contributed by atoms with E-state index in [0.717, 1.165) is 18.8 Å². The van der Waals surface area contributed by atoms with Gasteiger partial charge in [0.1, 0.15) is 0 Å². The molecule has 0 radical (unpaired) electrons. The van der Waals surface area contributed by atoms with Gasteiger partial charge in [0, 0.05) is 24.8 Å². The Morgan fingerprint density at radius 2 is 2.14 bits per heavy atom. The van der Waals surface area contributed by atoms with Crippen molar-refractivity contribution in [2.75, 3.05) is 46.2 Å². The van der Waals surface area contributed by atoms with Crippen molar-refractivity contribution in [3.8, 4) is 11.5 Å². The number of guanidine groups is 1. The highest BCUT2D eigenvalue weighted by Crippen LogP contribution is 2.29. The minimum atomic E-state index is 0.431. The maximum absolute atomic E-state index is 5.97. The van der Waals surface area contributed by atoms with Crippen molar-refractivity contribution in [1.29, 1.82) is 0 Å². The third-order valence-electron chi connectivity index (χ3n) is 3.90. The van der Waals surface area contributed by atoms with Gasteiger partial charge in [0.25, 0.3) is 0 Å². The number of piperidine rings is 1. The summed E-state index contributed by atoms with van der Waals surface area (Å²) >= 11 is 0. The van der Waals surface area contributed by atoms with Crippen LogP contribution in [-0.2, 0) is 0 Å². The first kappa shape index (κ1) is 16.4. The molecule has 0 aliphatic carbocycles. The zero-order valence-electron chi connectivity index (χ0n) is 13.6. The molecular formula is C16H26N4O2. The number of benzene rings is 1. The topological polar surface area (TPSA) is 72.1 Å². The van der Waals surface area contributed by atoms with E-state index in [1.165, 1.54) is 19.4 Å². The third-order valence-corrected chi connectivity index (χ3v) is 3.90. The lowest BCUT2D eigenvalue weighted by molar-refractivity contribution is 0.214. The molecule has 1 aliphatic rings. The van der Waals surface area contributed by atoms with E-state index in [9.17, 15) is 0 Å². The number of nitrogens with two attached hydrogens (primary N) is 1. The van der Waals surface area contributed by atoms with E-state index in [4.69, 9.17) is 15.2 Å². The number of nitrogens with zero attached hydrogens (tertiary/aromatic N) is 2. The fourth-order valence-corrected chi connectivity index (χ4v) is 2.75. The van der Waals surface area contributed by atoms with Crippen LogP contribution in [-0.4, -0.2) is 51.8 Å². The predicted molar refractivity (Wildman–Crippen MR) is 89.9 cm³/mol. The normalized spacial score (nSPS) is 19.8. The largest absolute Gasteiger partial charge is 0.493 e. The van der Waals surface area contributed by atoms with Crippen molar-refractivity contribution < 1.29 is 9.47 Å². The van der Waals surface area contributed by atoms with Crippen LogP contribution in [0.15, 0.2) is 23.2 Å². The van der Waals surface area contributed by atoms with Gasteiger partial charge in [0.05, 0.1) is 14.2 Å². The van der Waals surface area contributed by atoms with E-state index in [-0.39, 0.29) is 0 Å². The summed E-state index contributed by atoms with van der Waals surface area (Å²) in [6.45, 7) is 3.03. The van der Waals surface area contributed by atoms with Crippen molar-refractivity contribution in [3.63, 3.8) is 0 Å².